The summed E-state index contributed by atoms with van der Waals surface area (Å²) in [5, 5.41) is 2.77. The van der Waals surface area contributed by atoms with Gasteiger partial charge in [0.25, 0.3) is 5.91 Å². The summed E-state index contributed by atoms with van der Waals surface area (Å²) in [7, 11) is 4.64. The molecule has 0 bridgehead atoms. The van der Waals surface area contributed by atoms with Gasteiger partial charge in [0.05, 0.1) is 26.9 Å². The third kappa shape index (κ3) is 4.97. The molecule has 0 aromatic heterocycles. The van der Waals surface area contributed by atoms with Crippen molar-refractivity contribution in [2.75, 3.05) is 26.6 Å². The molecule has 0 aliphatic heterocycles. The van der Waals surface area contributed by atoms with E-state index in [2.05, 4.69) is 5.32 Å². The number of methoxy groups -OCH3 is 3. The lowest BCUT2D eigenvalue weighted by Gasteiger charge is -2.14. The van der Waals surface area contributed by atoms with Crippen LogP contribution >= 0.6 is 0 Å². The van der Waals surface area contributed by atoms with Crippen LogP contribution in [-0.2, 0) is 0 Å². The Morgan fingerprint density at radius 1 is 0.833 bits per heavy atom. The van der Waals surface area contributed by atoms with Gasteiger partial charge in [0.2, 0.25) is 0 Å². The molecule has 0 fully saturated rings. The predicted octanol–water partition coefficient (Wildman–Crippen LogP) is 5.27. The van der Waals surface area contributed by atoms with Crippen LogP contribution in [0.15, 0.2) is 60.7 Å². The van der Waals surface area contributed by atoms with Crippen LogP contribution in [0.25, 0.3) is 12.2 Å². The number of amides is 1. The van der Waals surface area contributed by atoms with Crippen molar-refractivity contribution >= 4 is 23.7 Å². The summed E-state index contributed by atoms with van der Waals surface area (Å²) in [6, 6.07) is 16.5. The Morgan fingerprint density at radius 3 is 2.10 bits per heavy atom. The second-order valence-corrected chi connectivity index (χ2v) is 6.36. The van der Waals surface area contributed by atoms with E-state index in [1.165, 1.54) is 31.4 Å². The summed E-state index contributed by atoms with van der Waals surface area (Å²) >= 11 is 0. The highest BCUT2D eigenvalue weighted by atomic mass is 19.1. The third-order valence-electron chi connectivity index (χ3n) is 4.46. The zero-order valence-electron chi connectivity index (χ0n) is 16.9. The first kappa shape index (κ1) is 20.9. The van der Waals surface area contributed by atoms with Gasteiger partial charge in [-0.2, -0.15) is 0 Å². The standard InChI is InChI=1S/C24H22FNO4/c1-28-20-12-5-16(6-13-20)4-7-17-14-21(29-2)15-22(30-3)23(17)24(27)26-19-10-8-18(25)9-11-19/h4-15H,1-3H3,(H,26,27)/b7-4+. The minimum atomic E-state index is -0.379. The van der Waals surface area contributed by atoms with E-state index in [4.69, 9.17) is 14.2 Å². The van der Waals surface area contributed by atoms with Crippen LogP contribution in [0.1, 0.15) is 21.5 Å². The van der Waals surface area contributed by atoms with Crippen LogP contribution in [0, 0.1) is 5.82 Å². The van der Waals surface area contributed by atoms with E-state index in [-0.39, 0.29) is 11.7 Å². The van der Waals surface area contributed by atoms with E-state index in [0.717, 1.165) is 11.3 Å². The average Bonchev–Trinajstić information content (AvgIpc) is 2.78. The molecule has 0 atom stereocenters. The van der Waals surface area contributed by atoms with Crippen LogP contribution in [0.2, 0.25) is 0 Å². The van der Waals surface area contributed by atoms with Crippen LogP contribution in [0.5, 0.6) is 17.2 Å². The Kier molecular flexibility index (Phi) is 6.70. The van der Waals surface area contributed by atoms with Gasteiger partial charge in [-0.1, -0.05) is 24.3 Å². The highest BCUT2D eigenvalue weighted by Gasteiger charge is 2.18. The molecule has 3 aromatic rings. The molecular formula is C24H22FNO4. The van der Waals surface area contributed by atoms with Crippen LogP contribution in [-0.4, -0.2) is 27.2 Å². The van der Waals surface area contributed by atoms with E-state index >= 15 is 0 Å². The molecule has 0 radical (unpaired) electrons. The van der Waals surface area contributed by atoms with Crippen molar-refractivity contribution in [2.24, 2.45) is 0 Å². The number of carbonyl (C=O) groups excluding carboxylic acids is 1. The Morgan fingerprint density at radius 2 is 1.50 bits per heavy atom. The molecule has 0 spiro atoms. The molecule has 5 nitrogen and oxygen atoms in total. The number of rotatable bonds is 7. The maximum atomic E-state index is 13.2. The fraction of sp³-hybridized carbons (Fsp3) is 0.125. The quantitative estimate of drug-likeness (QED) is 0.542. The van der Waals surface area contributed by atoms with Gasteiger partial charge in [0, 0.05) is 11.8 Å². The summed E-state index contributed by atoms with van der Waals surface area (Å²) in [6.07, 6.45) is 3.69. The topological polar surface area (TPSA) is 56.8 Å². The minimum absolute atomic E-state index is 0.340. The Hall–Kier alpha value is -3.80. The highest BCUT2D eigenvalue weighted by Crippen LogP contribution is 2.31. The van der Waals surface area contributed by atoms with Crippen molar-refractivity contribution in [3.8, 4) is 17.2 Å². The molecule has 3 aromatic carbocycles. The fourth-order valence-electron chi connectivity index (χ4n) is 2.89. The molecule has 3 rings (SSSR count). The molecule has 0 unspecified atom stereocenters. The van der Waals surface area contributed by atoms with Gasteiger partial charge in [0.1, 0.15) is 23.1 Å². The first-order valence-electron chi connectivity index (χ1n) is 9.19. The minimum Gasteiger partial charge on any atom is -0.497 e. The summed E-state index contributed by atoms with van der Waals surface area (Å²) in [5.74, 6) is 0.922. The molecule has 0 saturated heterocycles. The average molecular weight is 407 g/mol. The molecule has 0 heterocycles. The van der Waals surface area contributed by atoms with Crippen molar-refractivity contribution in [1.82, 2.24) is 0 Å². The number of hydrogen-bond donors (Lipinski definition) is 1. The summed E-state index contributed by atoms with van der Waals surface area (Å²) in [4.78, 5) is 13.0. The zero-order valence-corrected chi connectivity index (χ0v) is 16.9. The summed E-state index contributed by atoms with van der Waals surface area (Å²) < 4.78 is 29.1. The molecule has 1 amide bonds. The molecule has 1 N–H and O–H groups in total. The van der Waals surface area contributed by atoms with Gasteiger partial charge < -0.3 is 19.5 Å². The van der Waals surface area contributed by atoms with E-state index in [9.17, 15) is 9.18 Å². The number of benzene rings is 3. The molecule has 6 heteroatoms. The van der Waals surface area contributed by atoms with Gasteiger partial charge >= 0.3 is 0 Å². The van der Waals surface area contributed by atoms with Gasteiger partial charge in [-0.15, -0.1) is 0 Å². The maximum absolute atomic E-state index is 13.2. The van der Waals surface area contributed by atoms with Gasteiger partial charge in [0.15, 0.2) is 0 Å². The number of hydrogen-bond acceptors (Lipinski definition) is 4. The van der Waals surface area contributed by atoms with E-state index < -0.39 is 0 Å². The first-order chi connectivity index (χ1) is 14.5. The summed E-state index contributed by atoms with van der Waals surface area (Å²) in [5.41, 5.74) is 2.36. The lowest BCUT2D eigenvalue weighted by Crippen LogP contribution is -2.15. The van der Waals surface area contributed by atoms with E-state index in [1.54, 1.807) is 26.4 Å². The molecule has 0 aliphatic rings. The second-order valence-electron chi connectivity index (χ2n) is 6.36. The van der Waals surface area contributed by atoms with E-state index in [0.29, 0.717) is 28.3 Å². The molecular weight excluding hydrogens is 385 g/mol. The number of halogens is 1. The Balaban J connectivity index is 1.98. The lowest BCUT2D eigenvalue weighted by molar-refractivity contribution is 0.102. The molecule has 0 saturated carbocycles. The SMILES string of the molecule is COc1ccc(/C=C/c2cc(OC)cc(OC)c2C(=O)Nc2ccc(F)cc2)cc1. The molecule has 0 aliphatic carbocycles. The van der Waals surface area contributed by atoms with Crippen molar-refractivity contribution in [1.29, 1.82) is 0 Å². The second kappa shape index (κ2) is 9.60. The predicted molar refractivity (Wildman–Crippen MR) is 116 cm³/mol. The van der Waals surface area contributed by atoms with Gasteiger partial charge in [-0.3, -0.25) is 4.79 Å². The lowest BCUT2D eigenvalue weighted by atomic mass is 10.0. The van der Waals surface area contributed by atoms with E-state index in [1.807, 2.05) is 36.4 Å². The maximum Gasteiger partial charge on any atom is 0.260 e. The first-order valence-corrected chi connectivity index (χ1v) is 9.19. The fourth-order valence-corrected chi connectivity index (χ4v) is 2.89. The number of anilines is 1. The highest BCUT2D eigenvalue weighted by molar-refractivity contribution is 6.09. The number of nitrogens with one attached hydrogen (secondary N) is 1. The Labute approximate surface area is 174 Å². The zero-order chi connectivity index (χ0) is 21.5. The van der Waals surface area contributed by atoms with Crippen molar-refractivity contribution in [2.45, 2.75) is 0 Å². The van der Waals surface area contributed by atoms with Crippen molar-refractivity contribution in [3.05, 3.63) is 83.2 Å². The third-order valence-corrected chi connectivity index (χ3v) is 4.46. The monoisotopic (exact) mass is 407 g/mol. The van der Waals surface area contributed by atoms with Crippen LogP contribution < -0.4 is 19.5 Å². The number of ether oxygens (including phenoxy) is 3. The molecule has 30 heavy (non-hydrogen) atoms. The number of carbonyl (C=O) groups is 1. The van der Waals surface area contributed by atoms with Gasteiger partial charge in [-0.05, 0) is 53.6 Å². The van der Waals surface area contributed by atoms with Crippen molar-refractivity contribution < 1.29 is 23.4 Å². The van der Waals surface area contributed by atoms with Crippen molar-refractivity contribution in [3.63, 3.8) is 0 Å². The van der Waals surface area contributed by atoms with Crippen LogP contribution in [0.4, 0.5) is 10.1 Å². The Bertz CT molecular complexity index is 1040. The molecule has 154 valence electrons. The van der Waals surface area contributed by atoms with Gasteiger partial charge in [-0.25, -0.2) is 4.39 Å². The largest absolute Gasteiger partial charge is 0.497 e. The summed E-state index contributed by atoms with van der Waals surface area (Å²) in [6.45, 7) is 0. The smallest absolute Gasteiger partial charge is 0.260 e. The normalized spacial score (nSPS) is 10.7. The van der Waals surface area contributed by atoms with Crippen LogP contribution in [0.3, 0.4) is 0 Å².